The van der Waals surface area contributed by atoms with Crippen LogP contribution < -0.4 is 16.5 Å². The molecule has 32 heavy (non-hydrogen) atoms. The average molecular weight is 435 g/mol. The van der Waals surface area contributed by atoms with Gasteiger partial charge in [0.25, 0.3) is 5.91 Å². The minimum Gasteiger partial charge on any atom is -0.442 e. The van der Waals surface area contributed by atoms with Gasteiger partial charge in [-0.15, -0.1) is 0 Å². The van der Waals surface area contributed by atoms with Crippen molar-refractivity contribution in [1.29, 1.82) is 0 Å². The average Bonchev–Trinajstić information content (AvgIpc) is 3.17. The predicted octanol–water partition coefficient (Wildman–Crippen LogP) is 1.43. The van der Waals surface area contributed by atoms with Crippen molar-refractivity contribution in [3.8, 4) is 0 Å². The lowest BCUT2D eigenvalue weighted by Gasteiger charge is -2.22. The molecule has 3 heterocycles. The molecule has 3 atom stereocenters. The molecule has 1 saturated carbocycles. The molecule has 9 heteroatoms. The van der Waals surface area contributed by atoms with E-state index in [2.05, 4.69) is 17.1 Å². The van der Waals surface area contributed by atoms with E-state index in [0.29, 0.717) is 31.1 Å². The van der Waals surface area contributed by atoms with E-state index >= 15 is 0 Å². The maximum absolute atomic E-state index is 12.8. The molecule has 9 nitrogen and oxygen atoms in total. The SMILES string of the molecule is N/C=C\N(N)CC1CN(c2ccc(C34CC3CN(C(=O)c3cccnc3)C4)cc2)C(=O)O1. The number of benzene rings is 1. The van der Waals surface area contributed by atoms with E-state index in [0.717, 1.165) is 18.7 Å². The highest BCUT2D eigenvalue weighted by molar-refractivity contribution is 5.94. The second-order valence-corrected chi connectivity index (χ2v) is 8.69. The van der Waals surface area contributed by atoms with Crippen molar-refractivity contribution in [2.75, 3.05) is 31.1 Å². The quantitative estimate of drug-likeness (QED) is 0.521. The first-order chi connectivity index (χ1) is 15.5. The zero-order chi connectivity index (χ0) is 22.3. The van der Waals surface area contributed by atoms with Gasteiger partial charge in [0.1, 0.15) is 6.10 Å². The molecule has 166 valence electrons. The molecule has 0 spiro atoms. The second-order valence-electron chi connectivity index (χ2n) is 8.69. The number of cyclic esters (lactones) is 1. The lowest BCUT2D eigenvalue weighted by atomic mass is 9.94. The molecule has 1 aromatic heterocycles. The summed E-state index contributed by atoms with van der Waals surface area (Å²) in [5.74, 6) is 6.30. The number of pyridine rings is 1. The summed E-state index contributed by atoms with van der Waals surface area (Å²) >= 11 is 0. The Bertz CT molecular complexity index is 1040. The molecule has 0 bridgehead atoms. The van der Waals surface area contributed by atoms with Crippen molar-refractivity contribution in [3.05, 3.63) is 72.3 Å². The van der Waals surface area contributed by atoms with Crippen molar-refractivity contribution in [2.45, 2.75) is 17.9 Å². The Hall–Kier alpha value is -3.59. The number of ether oxygens (including phenoxy) is 1. The number of aromatic nitrogens is 1. The first-order valence-electron chi connectivity index (χ1n) is 10.7. The Morgan fingerprint density at radius 3 is 2.81 bits per heavy atom. The van der Waals surface area contributed by atoms with Crippen molar-refractivity contribution in [2.24, 2.45) is 17.5 Å². The number of carbonyl (C=O) groups is 2. The summed E-state index contributed by atoms with van der Waals surface area (Å²) in [7, 11) is 0. The Morgan fingerprint density at radius 2 is 2.09 bits per heavy atom. The van der Waals surface area contributed by atoms with Gasteiger partial charge in [-0.05, 0) is 42.2 Å². The van der Waals surface area contributed by atoms with E-state index in [1.165, 1.54) is 23.0 Å². The minimum absolute atomic E-state index is 0.0130. The van der Waals surface area contributed by atoms with Crippen LogP contribution >= 0.6 is 0 Å². The fraction of sp³-hybridized carbons (Fsp3) is 0.348. The van der Waals surface area contributed by atoms with Crippen LogP contribution in [-0.2, 0) is 10.2 Å². The standard InChI is InChI=1S/C23H26N6O3/c24-7-9-28(25)13-20-14-29(22(31)32-20)19-5-3-17(4-6-19)23-10-18(23)12-27(15-23)21(30)16-2-1-8-26-11-16/h1-9,11,18,20H,10,12-15,24-25H2/b9-7-. The van der Waals surface area contributed by atoms with Crippen LogP contribution in [0.4, 0.5) is 10.5 Å². The molecule has 2 amide bonds. The molecule has 2 aromatic rings. The smallest absolute Gasteiger partial charge is 0.414 e. The maximum Gasteiger partial charge on any atom is 0.414 e. The van der Waals surface area contributed by atoms with Crippen molar-refractivity contribution < 1.29 is 14.3 Å². The molecule has 1 aromatic carbocycles. The van der Waals surface area contributed by atoms with Crippen molar-refractivity contribution in [1.82, 2.24) is 14.9 Å². The zero-order valence-corrected chi connectivity index (χ0v) is 17.6. The number of hydrazine groups is 1. The van der Waals surface area contributed by atoms with Crippen LogP contribution in [0, 0.1) is 5.92 Å². The van der Waals surface area contributed by atoms with Crippen LogP contribution in [0.2, 0.25) is 0 Å². The van der Waals surface area contributed by atoms with Crippen LogP contribution in [-0.4, -0.2) is 59.2 Å². The third-order valence-electron chi connectivity index (χ3n) is 6.66. The number of amides is 2. The summed E-state index contributed by atoms with van der Waals surface area (Å²) in [4.78, 5) is 32.7. The molecular weight excluding hydrogens is 408 g/mol. The van der Waals surface area contributed by atoms with Gasteiger partial charge in [-0.1, -0.05) is 12.1 Å². The molecule has 3 aliphatic rings. The Balaban J connectivity index is 1.25. The van der Waals surface area contributed by atoms with Crippen LogP contribution in [0.1, 0.15) is 22.3 Å². The van der Waals surface area contributed by atoms with E-state index in [-0.39, 0.29) is 23.5 Å². The molecule has 4 N–H and O–H groups in total. The molecular formula is C23H26N6O3. The van der Waals surface area contributed by atoms with Crippen molar-refractivity contribution in [3.63, 3.8) is 0 Å². The predicted molar refractivity (Wildman–Crippen MR) is 118 cm³/mol. The number of rotatable bonds is 6. The molecule has 3 unspecified atom stereocenters. The van der Waals surface area contributed by atoms with Gasteiger partial charge in [0.15, 0.2) is 0 Å². The number of carbonyl (C=O) groups excluding carboxylic acids is 2. The summed E-state index contributed by atoms with van der Waals surface area (Å²) in [6.07, 6.45) is 6.52. The van der Waals surface area contributed by atoms with E-state index in [1.807, 2.05) is 17.0 Å². The third kappa shape index (κ3) is 3.54. The van der Waals surface area contributed by atoms with E-state index < -0.39 is 0 Å². The van der Waals surface area contributed by atoms with Gasteiger partial charge in [0.2, 0.25) is 0 Å². The topological polar surface area (TPSA) is 118 Å². The number of hydrogen-bond donors (Lipinski definition) is 2. The van der Waals surface area contributed by atoms with Gasteiger partial charge in [-0.2, -0.15) is 0 Å². The van der Waals surface area contributed by atoms with Crippen LogP contribution in [0.25, 0.3) is 0 Å². The fourth-order valence-electron chi connectivity index (χ4n) is 4.96. The molecule has 3 fully saturated rings. The molecule has 0 radical (unpaired) electrons. The summed E-state index contributed by atoms with van der Waals surface area (Å²) in [5, 5.41) is 1.40. The van der Waals surface area contributed by atoms with E-state index in [4.69, 9.17) is 16.3 Å². The van der Waals surface area contributed by atoms with Gasteiger partial charge in [0.05, 0.1) is 18.7 Å². The number of fused-ring (bicyclic) bond motifs is 1. The van der Waals surface area contributed by atoms with E-state index in [1.54, 1.807) is 29.4 Å². The lowest BCUT2D eigenvalue weighted by Crippen LogP contribution is -2.36. The Labute approximate surface area is 186 Å². The first kappa shape index (κ1) is 20.3. The summed E-state index contributed by atoms with van der Waals surface area (Å²) < 4.78 is 5.43. The fourth-order valence-corrected chi connectivity index (χ4v) is 4.96. The monoisotopic (exact) mass is 434 g/mol. The van der Waals surface area contributed by atoms with Crippen LogP contribution in [0.3, 0.4) is 0 Å². The maximum atomic E-state index is 12.8. The molecule has 2 aliphatic heterocycles. The summed E-state index contributed by atoms with van der Waals surface area (Å²) in [6.45, 7) is 2.26. The number of piperidine rings is 1. The van der Waals surface area contributed by atoms with Gasteiger partial charge in [0, 0.05) is 49.0 Å². The number of nitrogens with zero attached hydrogens (tertiary/aromatic N) is 4. The zero-order valence-electron chi connectivity index (χ0n) is 17.6. The second kappa shape index (κ2) is 7.83. The number of nitrogens with two attached hydrogens (primary N) is 2. The summed E-state index contributed by atoms with van der Waals surface area (Å²) in [6, 6.07) is 11.6. The minimum atomic E-state index is -0.385. The molecule has 2 saturated heterocycles. The van der Waals surface area contributed by atoms with Gasteiger partial charge >= 0.3 is 6.09 Å². The highest BCUT2D eigenvalue weighted by Gasteiger charge is 2.61. The molecule has 1 aliphatic carbocycles. The van der Waals surface area contributed by atoms with E-state index in [9.17, 15) is 9.59 Å². The highest BCUT2D eigenvalue weighted by Crippen LogP contribution is 2.59. The van der Waals surface area contributed by atoms with Crippen LogP contribution in [0.5, 0.6) is 0 Å². The van der Waals surface area contributed by atoms with Crippen LogP contribution in [0.15, 0.2) is 61.2 Å². The van der Waals surface area contributed by atoms with Gasteiger partial charge in [-0.25, -0.2) is 10.6 Å². The lowest BCUT2D eigenvalue weighted by molar-refractivity contribution is 0.0771. The first-order valence-corrected chi connectivity index (χ1v) is 10.7. The number of hydrogen-bond acceptors (Lipinski definition) is 7. The van der Waals surface area contributed by atoms with Crippen molar-refractivity contribution >= 4 is 17.7 Å². The molecule has 5 rings (SSSR count). The highest BCUT2D eigenvalue weighted by atomic mass is 16.6. The summed E-state index contributed by atoms with van der Waals surface area (Å²) in [5.41, 5.74) is 7.97. The van der Waals surface area contributed by atoms with Gasteiger partial charge in [-0.3, -0.25) is 14.7 Å². The van der Waals surface area contributed by atoms with Gasteiger partial charge < -0.3 is 20.4 Å². The third-order valence-corrected chi connectivity index (χ3v) is 6.66. The normalized spacial score (nSPS) is 26.3. The Morgan fingerprint density at radius 1 is 1.28 bits per heavy atom. The number of anilines is 1. The largest absolute Gasteiger partial charge is 0.442 e. The Kier molecular flexibility index (Phi) is 4.97. The number of likely N-dealkylation sites (tertiary alicyclic amines) is 1.